The molecule has 2 aromatic heterocycles. The molecule has 0 N–H and O–H groups in total. The average molecular weight is 382 g/mol. The summed E-state index contributed by atoms with van der Waals surface area (Å²) in [6, 6.07) is 3.76. The van der Waals surface area contributed by atoms with Gasteiger partial charge >= 0.3 is 0 Å². The number of aromatic nitrogens is 3. The molecule has 3 heterocycles. The number of carbonyl (C=O) groups excluding carboxylic acids is 1. The van der Waals surface area contributed by atoms with Crippen LogP contribution in [0.5, 0.6) is 5.88 Å². The third-order valence-electron chi connectivity index (χ3n) is 4.31. The zero-order chi connectivity index (χ0) is 19.8. The first-order chi connectivity index (χ1) is 13.8. The number of allylic oxidation sites excluding steroid dienone is 6. The third-order valence-corrected chi connectivity index (χ3v) is 4.31. The van der Waals surface area contributed by atoms with Crippen molar-refractivity contribution in [3.8, 4) is 5.88 Å². The van der Waals surface area contributed by atoms with E-state index in [1.165, 1.54) is 0 Å². The molecule has 0 bridgehead atoms. The summed E-state index contributed by atoms with van der Waals surface area (Å²) in [6.07, 6.45) is 11.9. The molecule has 0 radical (unpaired) electrons. The fourth-order valence-corrected chi connectivity index (χ4v) is 3.00. The fourth-order valence-electron chi connectivity index (χ4n) is 3.00. The monoisotopic (exact) mass is 382 g/mol. The molecule has 3 rings (SSSR count). The van der Waals surface area contributed by atoms with Gasteiger partial charge in [0.25, 0.3) is 0 Å². The lowest BCUT2D eigenvalue weighted by Crippen LogP contribution is -2.37. The van der Waals surface area contributed by atoms with Gasteiger partial charge in [0.1, 0.15) is 12.4 Å². The molecule has 148 valence electrons. The molecule has 1 saturated heterocycles. The minimum absolute atomic E-state index is 0.0295. The van der Waals surface area contributed by atoms with Crippen molar-refractivity contribution in [1.29, 1.82) is 0 Å². The quantitative estimate of drug-likeness (QED) is 0.516. The van der Waals surface area contributed by atoms with Gasteiger partial charge in [-0.25, -0.2) is 0 Å². The minimum atomic E-state index is -0.0295. The molecule has 7 heteroatoms. The zero-order valence-electron chi connectivity index (χ0n) is 16.4. The first-order valence-corrected chi connectivity index (χ1v) is 9.56. The van der Waals surface area contributed by atoms with Crippen LogP contribution in [0.2, 0.25) is 0 Å². The second-order valence-electron chi connectivity index (χ2n) is 6.29. The fraction of sp³-hybridized carbons (Fsp3) is 0.381. The van der Waals surface area contributed by atoms with E-state index in [1.54, 1.807) is 0 Å². The van der Waals surface area contributed by atoms with Gasteiger partial charge in [-0.3, -0.25) is 4.79 Å². The van der Waals surface area contributed by atoms with E-state index < -0.39 is 0 Å². The van der Waals surface area contributed by atoms with Crippen LogP contribution in [-0.4, -0.2) is 53.8 Å². The van der Waals surface area contributed by atoms with Crippen LogP contribution in [-0.2, 0) is 9.53 Å². The van der Waals surface area contributed by atoms with E-state index in [9.17, 15) is 4.79 Å². The largest absolute Gasteiger partial charge is 0.470 e. The van der Waals surface area contributed by atoms with Crippen LogP contribution in [0.25, 0.3) is 11.2 Å². The van der Waals surface area contributed by atoms with E-state index in [1.807, 2.05) is 47.9 Å². The Morgan fingerprint density at radius 2 is 2.14 bits per heavy atom. The van der Waals surface area contributed by atoms with E-state index in [-0.39, 0.29) is 6.61 Å². The Hall–Kier alpha value is -2.93. The lowest BCUT2D eigenvalue weighted by atomic mass is 10.1. The van der Waals surface area contributed by atoms with Gasteiger partial charge in [0.2, 0.25) is 5.88 Å². The SMILES string of the molecule is C\C=C/C(=C\C=C\CC)c1cc2nc(OCC=O)cc(N3CCOCC3)n2n1. The number of ether oxygens (including phenoxy) is 2. The van der Waals surface area contributed by atoms with Crippen LogP contribution in [0.3, 0.4) is 0 Å². The molecule has 0 amide bonds. The van der Waals surface area contributed by atoms with Gasteiger partial charge in [0.15, 0.2) is 11.9 Å². The summed E-state index contributed by atoms with van der Waals surface area (Å²) >= 11 is 0. The van der Waals surface area contributed by atoms with E-state index in [0.29, 0.717) is 24.7 Å². The Labute approximate surface area is 165 Å². The summed E-state index contributed by atoms with van der Waals surface area (Å²) in [4.78, 5) is 17.4. The van der Waals surface area contributed by atoms with Crippen LogP contribution >= 0.6 is 0 Å². The summed E-state index contributed by atoms with van der Waals surface area (Å²) < 4.78 is 12.8. The third kappa shape index (κ3) is 4.67. The number of anilines is 1. The molecule has 0 aromatic carbocycles. The number of rotatable bonds is 8. The van der Waals surface area contributed by atoms with Gasteiger partial charge in [0.05, 0.1) is 18.9 Å². The number of aldehydes is 1. The Balaban J connectivity index is 2.07. The second kappa shape index (κ2) is 9.85. The highest BCUT2D eigenvalue weighted by atomic mass is 16.5. The highest BCUT2D eigenvalue weighted by molar-refractivity contribution is 5.75. The molecule has 0 atom stereocenters. The maximum atomic E-state index is 10.7. The number of morpholine rings is 1. The topological polar surface area (TPSA) is 69.0 Å². The van der Waals surface area contributed by atoms with Crippen LogP contribution in [0, 0.1) is 0 Å². The Morgan fingerprint density at radius 3 is 2.86 bits per heavy atom. The minimum Gasteiger partial charge on any atom is -0.470 e. The summed E-state index contributed by atoms with van der Waals surface area (Å²) in [5, 5.41) is 4.80. The number of carbonyl (C=O) groups is 1. The number of nitrogens with zero attached hydrogens (tertiary/aromatic N) is 4. The second-order valence-corrected chi connectivity index (χ2v) is 6.29. The lowest BCUT2D eigenvalue weighted by Gasteiger charge is -2.29. The molecule has 1 fully saturated rings. The Kier molecular flexibility index (Phi) is 6.97. The van der Waals surface area contributed by atoms with Crippen LogP contribution in [0.1, 0.15) is 26.0 Å². The molecule has 2 aromatic rings. The van der Waals surface area contributed by atoms with Gasteiger partial charge in [-0.2, -0.15) is 14.6 Å². The van der Waals surface area contributed by atoms with Gasteiger partial charge < -0.3 is 14.4 Å². The molecule has 7 nitrogen and oxygen atoms in total. The number of hydrogen-bond acceptors (Lipinski definition) is 6. The zero-order valence-corrected chi connectivity index (χ0v) is 16.4. The van der Waals surface area contributed by atoms with E-state index in [2.05, 4.69) is 22.9 Å². The number of fused-ring (bicyclic) bond motifs is 1. The van der Waals surface area contributed by atoms with Crippen LogP contribution < -0.4 is 9.64 Å². The van der Waals surface area contributed by atoms with Crippen molar-refractivity contribution in [3.63, 3.8) is 0 Å². The van der Waals surface area contributed by atoms with E-state index in [0.717, 1.165) is 42.9 Å². The predicted octanol–water partition coefficient (Wildman–Crippen LogP) is 3.07. The van der Waals surface area contributed by atoms with Crippen molar-refractivity contribution in [1.82, 2.24) is 14.6 Å². The molecule has 0 spiro atoms. The molecule has 1 aliphatic rings. The average Bonchev–Trinajstić information content (AvgIpc) is 3.15. The molecule has 1 aliphatic heterocycles. The highest BCUT2D eigenvalue weighted by Gasteiger charge is 2.18. The number of hydrogen-bond donors (Lipinski definition) is 0. The lowest BCUT2D eigenvalue weighted by molar-refractivity contribution is -0.109. The van der Waals surface area contributed by atoms with Crippen molar-refractivity contribution >= 4 is 23.3 Å². The molecular weight excluding hydrogens is 356 g/mol. The standard InChI is InChI=1S/C21H26N4O3/c1-3-5-6-8-17(7-4-2)18-15-19-22-20(28-14-11-26)16-21(25(19)23-18)24-9-12-27-13-10-24/h4-8,11,15-16H,3,9-10,12-14H2,1-2H3/b6-5+,7-4-,17-8+. The maximum absolute atomic E-state index is 10.7. The van der Waals surface area contributed by atoms with Crippen molar-refractivity contribution in [3.05, 3.63) is 48.2 Å². The normalized spacial score (nSPS) is 15.8. The van der Waals surface area contributed by atoms with E-state index in [4.69, 9.17) is 14.6 Å². The predicted molar refractivity (Wildman–Crippen MR) is 110 cm³/mol. The summed E-state index contributed by atoms with van der Waals surface area (Å²) in [5.74, 6) is 1.29. The van der Waals surface area contributed by atoms with Crippen LogP contribution in [0.15, 0.2) is 42.5 Å². The van der Waals surface area contributed by atoms with Gasteiger partial charge in [-0.15, -0.1) is 0 Å². The van der Waals surface area contributed by atoms with Crippen molar-refractivity contribution in [2.45, 2.75) is 20.3 Å². The molecular formula is C21H26N4O3. The molecule has 28 heavy (non-hydrogen) atoms. The van der Waals surface area contributed by atoms with E-state index >= 15 is 0 Å². The van der Waals surface area contributed by atoms with Crippen molar-refractivity contribution in [2.24, 2.45) is 0 Å². The summed E-state index contributed by atoms with van der Waals surface area (Å²) in [6.45, 7) is 6.90. The van der Waals surface area contributed by atoms with Gasteiger partial charge in [-0.1, -0.05) is 37.3 Å². The van der Waals surface area contributed by atoms with Crippen LogP contribution in [0.4, 0.5) is 5.82 Å². The first-order valence-electron chi connectivity index (χ1n) is 9.56. The Morgan fingerprint density at radius 1 is 1.32 bits per heavy atom. The van der Waals surface area contributed by atoms with Crippen molar-refractivity contribution < 1.29 is 14.3 Å². The summed E-state index contributed by atoms with van der Waals surface area (Å²) in [5.41, 5.74) is 2.50. The van der Waals surface area contributed by atoms with Gasteiger partial charge in [0, 0.05) is 30.8 Å². The summed E-state index contributed by atoms with van der Waals surface area (Å²) in [7, 11) is 0. The molecule has 0 unspecified atom stereocenters. The van der Waals surface area contributed by atoms with Gasteiger partial charge in [-0.05, 0) is 13.3 Å². The maximum Gasteiger partial charge on any atom is 0.219 e. The highest BCUT2D eigenvalue weighted by Crippen LogP contribution is 2.25. The molecule has 0 saturated carbocycles. The smallest absolute Gasteiger partial charge is 0.219 e. The first kappa shape index (κ1) is 19.8. The van der Waals surface area contributed by atoms with Crippen molar-refractivity contribution in [2.75, 3.05) is 37.8 Å². The Bertz CT molecular complexity index is 892. The molecule has 0 aliphatic carbocycles.